The van der Waals surface area contributed by atoms with E-state index in [0.29, 0.717) is 12.0 Å². The lowest BCUT2D eigenvalue weighted by Crippen LogP contribution is -1.65. The average molecular weight is 181 g/mol. The summed E-state index contributed by atoms with van der Waals surface area (Å²) < 4.78 is 4.61. The molecule has 0 saturated heterocycles. The fourth-order valence-corrected chi connectivity index (χ4v) is 0.885. The van der Waals surface area contributed by atoms with Crippen LogP contribution in [0.5, 0.6) is 0 Å². The Morgan fingerprint density at radius 3 is 2.75 bits per heavy atom. The zero-order valence-electron chi connectivity index (χ0n) is 6.21. The van der Waals surface area contributed by atoms with Crippen LogP contribution in [0.25, 0.3) is 0 Å². The molecule has 0 bridgehead atoms. The third-order valence-electron chi connectivity index (χ3n) is 1.01. The lowest BCUT2D eigenvalue weighted by atomic mass is 10.5. The topological polar surface area (TPSA) is 43.1 Å². The summed E-state index contributed by atoms with van der Waals surface area (Å²) in [7, 11) is 0. The van der Waals surface area contributed by atoms with Gasteiger partial charge in [0.1, 0.15) is 0 Å². The van der Waals surface area contributed by atoms with Gasteiger partial charge in [-0.15, -0.1) is 11.3 Å². The fraction of sp³-hybridized carbons (Fsp3) is 0. The van der Waals surface area contributed by atoms with Gasteiger partial charge in [-0.1, -0.05) is 0 Å². The maximum absolute atomic E-state index is 9.77. The molecule has 0 aliphatic carbocycles. The third kappa shape index (κ3) is 3.12. The van der Waals surface area contributed by atoms with Gasteiger partial charge in [-0.3, -0.25) is 9.78 Å². The maximum Gasteiger partial charge on any atom is 0.185 e. The van der Waals surface area contributed by atoms with Gasteiger partial charge in [0.2, 0.25) is 0 Å². The summed E-state index contributed by atoms with van der Waals surface area (Å²) in [6.45, 7) is 0. The van der Waals surface area contributed by atoms with Crippen molar-refractivity contribution in [2.75, 3.05) is 0 Å². The lowest BCUT2D eigenvalue weighted by Gasteiger charge is -1.68. The van der Waals surface area contributed by atoms with Gasteiger partial charge in [-0.25, -0.2) is 0 Å². The number of nitrogens with zero attached hydrogens (tertiary/aromatic N) is 1. The molecular weight excluding hydrogens is 174 g/mol. The van der Waals surface area contributed by atoms with E-state index >= 15 is 0 Å². The molecule has 0 N–H and O–H groups in total. The standard InChI is InChI=1S/C5H4O2.C3H3NS/c6-4-5-2-1-3-7-5;1-2-5-3-4-1/h1-4H;1-3H. The Morgan fingerprint density at radius 2 is 2.50 bits per heavy atom. The quantitative estimate of drug-likeness (QED) is 0.633. The summed E-state index contributed by atoms with van der Waals surface area (Å²) in [5, 5.41) is 1.93. The zero-order chi connectivity index (χ0) is 8.65. The molecule has 12 heavy (non-hydrogen) atoms. The molecule has 62 valence electrons. The number of rotatable bonds is 1. The number of carbonyl (C=O) groups is 1. The van der Waals surface area contributed by atoms with Crippen molar-refractivity contribution >= 4 is 17.6 Å². The first-order valence-electron chi connectivity index (χ1n) is 3.24. The van der Waals surface area contributed by atoms with Gasteiger partial charge < -0.3 is 4.42 Å². The smallest absolute Gasteiger partial charge is 0.185 e. The van der Waals surface area contributed by atoms with Crippen molar-refractivity contribution < 1.29 is 9.21 Å². The second kappa shape index (κ2) is 5.26. The van der Waals surface area contributed by atoms with Crippen molar-refractivity contribution in [3.8, 4) is 0 Å². The minimum atomic E-state index is 0.375. The predicted molar refractivity (Wildman–Crippen MR) is 46.2 cm³/mol. The highest BCUT2D eigenvalue weighted by molar-refractivity contribution is 7.07. The largest absolute Gasteiger partial charge is 0.462 e. The number of hydrogen-bond donors (Lipinski definition) is 0. The molecule has 2 aromatic rings. The van der Waals surface area contributed by atoms with Gasteiger partial charge >= 0.3 is 0 Å². The molecule has 0 aromatic carbocycles. The van der Waals surface area contributed by atoms with Gasteiger partial charge in [-0.2, -0.15) is 0 Å². The van der Waals surface area contributed by atoms with E-state index in [1.807, 2.05) is 5.38 Å². The Balaban J connectivity index is 0.000000127. The van der Waals surface area contributed by atoms with Gasteiger partial charge in [0.05, 0.1) is 11.8 Å². The highest BCUT2D eigenvalue weighted by Gasteiger charge is 1.84. The molecule has 0 unspecified atom stereocenters. The van der Waals surface area contributed by atoms with Crippen molar-refractivity contribution in [3.05, 3.63) is 41.2 Å². The van der Waals surface area contributed by atoms with Gasteiger partial charge in [0, 0.05) is 11.6 Å². The summed E-state index contributed by atoms with van der Waals surface area (Å²) in [4.78, 5) is 13.5. The SMILES string of the molecule is O=Cc1ccco1.c1cscn1. The van der Waals surface area contributed by atoms with E-state index in [0.717, 1.165) is 0 Å². The molecule has 0 fully saturated rings. The molecule has 2 rings (SSSR count). The van der Waals surface area contributed by atoms with Crippen LogP contribution >= 0.6 is 11.3 Å². The van der Waals surface area contributed by atoms with Crippen molar-refractivity contribution in [2.45, 2.75) is 0 Å². The Kier molecular flexibility index (Phi) is 3.80. The van der Waals surface area contributed by atoms with Crippen LogP contribution in [0.2, 0.25) is 0 Å². The molecule has 0 radical (unpaired) electrons. The second-order valence-electron chi connectivity index (χ2n) is 1.81. The number of carbonyl (C=O) groups excluding carboxylic acids is 1. The lowest BCUT2D eigenvalue weighted by molar-refractivity contribution is 0.110. The predicted octanol–water partition coefficient (Wildman–Crippen LogP) is 2.24. The normalized spacial score (nSPS) is 8.33. The van der Waals surface area contributed by atoms with Crippen LogP contribution in [-0.4, -0.2) is 11.3 Å². The van der Waals surface area contributed by atoms with E-state index in [2.05, 4.69) is 9.40 Å². The van der Waals surface area contributed by atoms with E-state index in [1.54, 1.807) is 35.2 Å². The van der Waals surface area contributed by atoms with Gasteiger partial charge in [0.25, 0.3) is 0 Å². The van der Waals surface area contributed by atoms with Gasteiger partial charge in [-0.05, 0) is 12.1 Å². The van der Waals surface area contributed by atoms with Crippen molar-refractivity contribution in [1.29, 1.82) is 0 Å². The Morgan fingerprint density at radius 1 is 1.58 bits per heavy atom. The van der Waals surface area contributed by atoms with Crippen LogP contribution in [0.1, 0.15) is 10.6 Å². The molecule has 0 aliphatic heterocycles. The van der Waals surface area contributed by atoms with Gasteiger partial charge in [0.15, 0.2) is 12.0 Å². The van der Waals surface area contributed by atoms with Crippen LogP contribution in [-0.2, 0) is 0 Å². The highest BCUT2D eigenvalue weighted by Crippen LogP contribution is 1.92. The Labute approximate surface area is 73.7 Å². The van der Waals surface area contributed by atoms with E-state index in [9.17, 15) is 4.79 Å². The maximum atomic E-state index is 9.77. The molecule has 2 aromatic heterocycles. The first kappa shape index (κ1) is 8.67. The average Bonchev–Trinajstić information content (AvgIpc) is 2.81. The highest BCUT2D eigenvalue weighted by atomic mass is 32.1. The third-order valence-corrected chi connectivity index (χ3v) is 1.53. The van der Waals surface area contributed by atoms with E-state index in [1.165, 1.54) is 6.26 Å². The molecule has 0 saturated carbocycles. The molecule has 3 nitrogen and oxygen atoms in total. The van der Waals surface area contributed by atoms with Crippen LogP contribution < -0.4 is 0 Å². The van der Waals surface area contributed by atoms with E-state index < -0.39 is 0 Å². The summed E-state index contributed by atoms with van der Waals surface area (Å²) in [6, 6.07) is 3.27. The zero-order valence-corrected chi connectivity index (χ0v) is 7.03. The number of aromatic nitrogens is 1. The molecular formula is C8H7NO2S. The number of thiazole rings is 1. The second-order valence-corrected chi connectivity index (χ2v) is 2.56. The minimum Gasteiger partial charge on any atom is -0.462 e. The van der Waals surface area contributed by atoms with E-state index in [-0.39, 0.29) is 0 Å². The number of aldehydes is 1. The monoisotopic (exact) mass is 181 g/mol. The van der Waals surface area contributed by atoms with E-state index in [4.69, 9.17) is 0 Å². The van der Waals surface area contributed by atoms with Crippen LogP contribution in [0.4, 0.5) is 0 Å². The van der Waals surface area contributed by atoms with Crippen molar-refractivity contribution in [1.82, 2.24) is 4.98 Å². The molecule has 0 atom stereocenters. The van der Waals surface area contributed by atoms with Crippen molar-refractivity contribution in [3.63, 3.8) is 0 Å². The Hall–Kier alpha value is -1.42. The number of furan rings is 1. The molecule has 4 heteroatoms. The van der Waals surface area contributed by atoms with Crippen molar-refractivity contribution in [2.24, 2.45) is 0 Å². The first-order chi connectivity index (χ1) is 5.93. The summed E-state index contributed by atoms with van der Waals surface area (Å²) in [5.41, 5.74) is 1.79. The van der Waals surface area contributed by atoms with Crippen LogP contribution in [0.3, 0.4) is 0 Å². The summed E-state index contributed by atoms with van der Waals surface area (Å²) >= 11 is 1.60. The molecule has 0 spiro atoms. The fourth-order valence-electron chi connectivity index (χ4n) is 0.534. The first-order valence-corrected chi connectivity index (χ1v) is 4.18. The summed E-state index contributed by atoms with van der Waals surface area (Å²) in [5.74, 6) is 0.375. The Bertz CT molecular complexity index is 271. The summed E-state index contributed by atoms with van der Waals surface area (Å²) in [6.07, 6.45) is 3.90. The minimum absolute atomic E-state index is 0.375. The molecule has 0 aliphatic rings. The van der Waals surface area contributed by atoms with Crippen LogP contribution in [0, 0.1) is 0 Å². The molecule has 0 amide bonds. The number of hydrogen-bond acceptors (Lipinski definition) is 4. The van der Waals surface area contributed by atoms with Crippen LogP contribution in [0.15, 0.2) is 39.9 Å². The molecule has 2 heterocycles.